The minimum absolute atomic E-state index is 0.0477. The van der Waals surface area contributed by atoms with E-state index in [4.69, 9.17) is 4.74 Å². The van der Waals surface area contributed by atoms with Gasteiger partial charge in [-0.2, -0.15) is 0 Å². The molecule has 0 radical (unpaired) electrons. The lowest BCUT2D eigenvalue weighted by Crippen LogP contribution is -2.26. The van der Waals surface area contributed by atoms with Crippen LogP contribution >= 0.6 is 0 Å². The van der Waals surface area contributed by atoms with Crippen molar-refractivity contribution in [2.75, 3.05) is 13.2 Å². The largest absolute Gasteiger partial charge is 0.449 e. The summed E-state index contributed by atoms with van der Waals surface area (Å²) in [6.45, 7) is 0.0207. The van der Waals surface area contributed by atoms with Crippen molar-refractivity contribution in [1.29, 1.82) is 0 Å². The van der Waals surface area contributed by atoms with Gasteiger partial charge in [0.25, 0.3) is 5.09 Å². The smallest absolute Gasteiger partial charge is 0.419 e. The number of unbranched alkanes of at least 4 members (excludes halogenated alkanes) is 1. The molecule has 1 amide bonds. The first-order valence-corrected chi connectivity index (χ1v) is 6.92. The number of carbonyl (C=O) groups excluding carboxylic acids is 1. The van der Waals surface area contributed by atoms with Crippen LogP contribution in [0, 0.1) is 10.1 Å². The van der Waals surface area contributed by atoms with E-state index in [0.717, 1.165) is 0 Å². The highest BCUT2D eigenvalue weighted by Gasteiger charge is 2.08. The van der Waals surface area contributed by atoms with Crippen LogP contribution in [0.15, 0.2) is 35.2 Å². The van der Waals surface area contributed by atoms with E-state index in [1.165, 1.54) is 0 Å². The SMILES string of the molecule is O=C(NS(=O)c1ccccc1)OCCCCO[N+](=O)[O-]. The average Bonchev–Trinajstić information content (AvgIpc) is 2.43. The lowest BCUT2D eigenvalue weighted by molar-refractivity contribution is -0.757. The molecule has 0 bridgehead atoms. The summed E-state index contributed by atoms with van der Waals surface area (Å²) < 4.78 is 18.6. The Kier molecular flexibility index (Phi) is 7.04. The van der Waals surface area contributed by atoms with Gasteiger partial charge in [0.1, 0.15) is 0 Å². The highest BCUT2D eigenvalue weighted by atomic mass is 32.2. The summed E-state index contributed by atoms with van der Waals surface area (Å²) in [6, 6.07) is 8.41. The van der Waals surface area contributed by atoms with Crippen molar-refractivity contribution in [2.24, 2.45) is 0 Å². The molecule has 8 nitrogen and oxygen atoms in total. The summed E-state index contributed by atoms with van der Waals surface area (Å²) in [5.41, 5.74) is 0. The zero-order valence-electron chi connectivity index (χ0n) is 10.5. The zero-order valence-corrected chi connectivity index (χ0v) is 11.3. The van der Waals surface area contributed by atoms with Gasteiger partial charge < -0.3 is 9.57 Å². The van der Waals surface area contributed by atoms with E-state index in [0.29, 0.717) is 17.7 Å². The second kappa shape index (κ2) is 8.86. The third-order valence-corrected chi connectivity index (χ3v) is 3.15. The molecule has 0 aliphatic heterocycles. The zero-order chi connectivity index (χ0) is 14.8. The Hall–Kier alpha value is -2.16. The van der Waals surface area contributed by atoms with E-state index in [-0.39, 0.29) is 13.2 Å². The summed E-state index contributed by atoms with van der Waals surface area (Å²) in [6.07, 6.45) is -0.00249. The molecular formula is C11H14N2O6S. The van der Waals surface area contributed by atoms with E-state index in [9.17, 15) is 19.1 Å². The fraction of sp³-hybridized carbons (Fsp3) is 0.364. The topological polar surface area (TPSA) is 108 Å². The van der Waals surface area contributed by atoms with Gasteiger partial charge >= 0.3 is 6.09 Å². The van der Waals surface area contributed by atoms with Crippen LogP contribution in [-0.2, 0) is 20.6 Å². The van der Waals surface area contributed by atoms with Gasteiger partial charge in [-0.05, 0) is 25.0 Å². The van der Waals surface area contributed by atoms with Crippen molar-refractivity contribution in [3.8, 4) is 0 Å². The number of carbonyl (C=O) groups is 1. The summed E-state index contributed by atoms with van der Waals surface area (Å²) in [4.78, 5) is 25.7. The van der Waals surface area contributed by atoms with Gasteiger partial charge in [-0.25, -0.2) is 13.7 Å². The van der Waals surface area contributed by atoms with Gasteiger partial charge in [0.2, 0.25) is 0 Å². The molecule has 0 spiro atoms. The van der Waals surface area contributed by atoms with E-state index in [1.54, 1.807) is 30.3 Å². The highest BCUT2D eigenvalue weighted by molar-refractivity contribution is 7.83. The summed E-state index contributed by atoms with van der Waals surface area (Å²) in [5, 5.41) is 8.97. The van der Waals surface area contributed by atoms with Crippen LogP contribution in [0.4, 0.5) is 4.79 Å². The van der Waals surface area contributed by atoms with Crippen LogP contribution in [0.2, 0.25) is 0 Å². The van der Waals surface area contributed by atoms with Crippen molar-refractivity contribution in [1.82, 2.24) is 4.72 Å². The Bertz CT molecular complexity index is 467. The van der Waals surface area contributed by atoms with Crippen LogP contribution in [0.1, 0.15) is 12.8 Å². The van der Waals surface area contributed by atoms with Gasteiger partial charge in [-0.3, -0.25) is 0 Å². The predicted octanol–water partition coefficient (Wildman–Crippen LogP) is 1.42. The molecule has 1 unspecified atom stereocenters. The number of hydrogen-bond donors (Lipinski definition) is 1. The molecule has 1 atom stereocenters. The average molecular weight is 302 g/mol. The normalized spacial score (nSPS) is 11.4. The Balaban J connectivity index is 2.14. The maximum atomic E-state index is 11.7. The second-order valence-corrected chi connectivity index (χ2v) is 4.80. The Labute approximate surface area is 117 Å². The van der Waals surface area contributed by atoms with Gasteiger partial charge in [0, 0.05) is 0 Å². The molecule has 20 heavy (non-hydrogen) atoms. The summed E-state index contributed by atoms with van der Waals surface area (Å²) in [7, 11) is -1.67. The maximum Gasteiger partial charge on any atom is 0.419 e. The van der Waals surface area contributed by atoms with Gasteiger partial charge in [0.15, 0.2) is 11.0 Å². The van der Waals surface area contributed by atoms with Crippen molar-refractivity contribution in [3.63, 3.8) is 0 Å². The molecule has 110 valence electrons. The van der Waals surface area contributed by atoms with E-state index in [1.807, 2.05) is 0 Å². The molecule has 0 heterocycles. The molecule has 9 heteroatoms. The minimum Gasteiger partial charge on any atom is -0.449 e. The van der Waals surface area contributed by atoms with E-state index >= 15 is 0 Å². The lowest BCUT2D eigenvalue weighted by atomic mass is 10.3. The third kappa shape index (κ3) is 6.69. The number of amides is 1. The van der Waals surface area contributed by atoms with Crippen LogP contribution in [0.25, 0.3) is 0 Å². The Morgan fingerprint density at radius 1 is 1.25 bits per heavy atom. The van der Waals surface area contributed by atoms with Crippen LogP contribution in [0.5, 0.6) is 0 Å². The molecule has 1 N–H and O–H groups in total. The molecule has 0 saturated carbocycles. The molecule has 0 fully saturated rings. The van der Waals surface area contributed by atoms with Crippen LogP contribution < -0.4 is 4.72 Å². The lowest BCUT2D eigenvalue weighted by Gasteiger charge is -2.06. The molecule has 1 aromatic rings. The predicted molar refractivity (Wildman–Crippen MR) is 69.5 cm³/mol. The molecule has 1 aromatic carbocycles. The number of nitrogens with one attached hydrogen (secondary N) is 1. The Morgan fingerprint density at radius 3 is 2.55 bits per heavy atom. The molecule has 0 aliphatic carbocycles. The monoisotopic (exact) mass is 302 g/mol. The first-order chi connectivity index (χ1) is 9.59. The second-order valence-electron chi connectivity index (χ2n) is 3.58. The van der Waals surface area contributed by atoms with Gasteiger partial charge in [-0.1, -0.05) is 18.2 Å². The van der Waals surface area contributed by atoms with Crippen molar-refractivity contribution >= 4 is 17.1 Å². The van der Waals surface area contributed by atoms with Crippen LogP contribution in [-0.4, -0.2) is 28.6 Å². The first-order valence-electron chi connectivity index (χ1n) is 5.77. The van der Waals surface area contributed by atoms with Gasteiger partial charge in [0.05, 0.1) is 18.1 Å². The van der Waals surface area contributed by atoms with Crippen molar-refractivity contribution < 1.29 is 23.7 Å². The van der Waals surface area contributed by atoms with Crippen molar-refractivity contribution in [3.05, 3.63) is 40.4 Å². The Morgan fingerprint density at radius 2 is 1.90 bits per heavy atom. The molecule has 1 rings (SSSR count). The maximum absolute atomic E-state index is 11.7. The summed E-state index contributed by atoms with van der Waals surface area (Å²) >= 11 is 0. The number of benzene rings is 1. The molecule has 0 saturated heterocycles. The fourth-order valence-electron chi connectivity index (χ4n) is 1.22. The van der Waals surface area contributed by atoms with Crippen LogP contribution in [0.3, 0.4) is 0 Å². The quantitative estimate of drug-likeness (QED) is 0.442. The van der Waals surface area contributed by atoms with E-state index < -0.39 is 22.2 Å². The molecular weight excluding hydrogens is 288 g/mol. The third-order valence-electron chi connectivity index (χ3n) is 2.10. The summed E-state index contributed by atoms with van der Waals surface area (Å²) in [5.74, 6) is 0. The standard InChI is InChI=1S/C11H14N2O6S/c14-11(18-8-4-5-9-19-13(15)16)12-20(17)10-6-2-1-3-7-10/h1-3,6-7H,4-5,8-9H2,(H,12,14). The highest BCUT2D eigenvalue weighted by Crippen LogP contribution is 2.03. The first kappa shape index (κ1) is 15.9. The number of nitrogens with zero attached hydrogens (tertiary/aromatic N) is 1. The number of ether oxygens (including phenoxy) is 1. The van der Waals surface area contributed by atoms with E-state index in [2.05, 4.69) is 9.56 Å². The number of rotatable bonds is 8. The fourth-order valence-corrected chi connectivity index (χ4v) is 1.95. The molecule has 0 aromatic heterocycles. The van der Waals surface area contributed by atoms with Gasteiger partial charge in [-0.15, -0.1) is 10.1 Å². The minimum atomic E-state index is -1.67. The van der Waals surface area contributed by atoms with Crippen molar-refractivity contribution in [2.45, 2.75) is 17.7 Å². The number of hydrogen-bond acceptors (Lipinski definition) is 6. The molecule has 0 aliphatic rings.